The van der Waals surface area contributed by atoms with Crippen LogP contribution in [0.15, 0.2) is 0 Å². The number of ether oxygens (including phenoxy) is 1. The Morgan fingerprint density at radius 3 is 2.65 bits per heavy atom. The Balaban J connectivity index is 1.74. The van der Waals surface area contributed by atoms with Gasteiger partial charge in [0.2, 0.25) is 0 Å². The second kappa shape index (κ2) is 8.36. The molecule has 4 nitrogen and oxygen atoms in total. The molecule has 1 saturated carbocycles. The van der Waals surface area contributed by atoms with Crippen molar-refractivity contribution in [3.05, 3.63) is 0 Å². The van der Waals surface area contributed by atoms with Crippen LogP contribution in [0.5, 0.6) is 0 Å². The topological polar surface area (TPSA) is 41.6 Å². The number of rotatable bonds is 7. The summed E-state index contributed by atoms with van der Waals surface area (Å²) in [5.74, 6) is 1.02. The fourth-order valence-electron chi connectivity index (χ4n) is 3.44. The summed E-state index contributed by atoms with van der Waals surface area (Å²) in [4.78, 5) is 14.4. The molecule has 2 atom stereocenters. The van der Waals surface area contributed by atoms with Crippen molar-refractivity contribution >= 4 is 6.09 Å². The molecular weight excluding hydrogens is 288 g/mol. The van der Waals surface area contributed by atoms with Crippen molar-refractivity contribution in [2.45, 2.75) is 96.7 Å². The lowest BCUT2D eigenvalue weighted by atomic mass is 9.96. The molecule has 1 amide bonds. The van der Waals surface area contributed by atoms with Crippen molar-refractivity contribution < 1.29 is 9.53 Å². The molecule has 134 valence electrons. The highest BCUT2D eigenvalue weighted by molar-refractivity contribution is 5.68. The van der Waals surface area contributed by atoms with E-state index >= 15 is 0 Å². The molecule has 1 aliphatic carbocycles. The van der Waals surface area contributed by atoms with Gasteiger partial charge in [-0.2, -0.15) is 0 Å². The maximum absolute atomic E-state index is 12.4. The van der Waals surface area contributed by atoms with E-state index in [1.165, 1.54) is 32.1 Å². The molecule has 0 spiro atoms. The van der Waals surface area contributed by atoms with Crippen molar-refractivity contribution in [2.75, 3.05) is 13.1 Å². The molecule has 23 heavy (non-hydrogen) atoms. The van der Waals surface area contributed by atoms with Crippen LogP contribution in [0.2, 0.25) is 0 Å². The summed E-state index contributed by atoms with van der Waals surface area (Å²) in [7, 11) is 0. The highest BCUT2D eigenvalue weighted by Gasteiger charge is 2.31. The molecule has 1 N–H and O–H groups in total. The van der Waals surface area contributed by atoms with Crippen molar-refractivity contribution in [3.8, 4) is 0 Å². The lowest BCUT2D eigenvalue weighted by Gasteiger charge is -2.38. The molecule has 2 unspecified atom stereocenters. The molecule has 0 radical (unpaired) electrons. The molecule has 0 bridgehead atoms. The fraction of sp³-hybridized carbons (Fsp3) is 0.947. The number of amides is 1. The number of carbonyl (C=O) groups excluding carboxylic acids is 1. The number of nitrogens with zero attached hydrogens (tertiary/aromatic N) is 1. The highest BCUT2D eigenvalue weighted by Crippen LogP contribution is 2.33. The summed E-state index contributed by atoms with van der Waals surface area (Å²) in [5.41, 5.74) is -0.411. The number of hydrogen-bond acceptors (Lipinski definition) is 3. The van der Waals surface area contributed by atoms with Crippen LogP contribution in [0, 0.1) is 5.92 Å². The van der Waals surface area contributed by atoms with Crippen molar-refractivity contribution in [3.63, 3.8) is 0 Å². The average molecular weight is 325 g/mol. The second-order valence-corrected chi connectivity index (χ2v) is 8.50. The van der Waals surface area contributed by atoms with E-state index < -0.39 is 5.60 Å². The monoisotopic (exact) mass is 324 g/mol. The van der Waals surface area contributed by atoms with E-state index in [0.717, 1.165) is 38.3 Å². The third kappa shape index (κ3) is 7.11. The van der Waals surface area contributed by atoms with Crippen LogP contribution in [0.25, 0.3) is 0 Å². The lowest BCUT2D eigenvalue weighted by Crippen LogP contribution is -2.48. The normalized spacial score (nSPS) is 23.7. The third-order valence-corrected chi connectivity index (χ3v) is 4.86. The lowest BCUT2D eigenvalue weighted by molar-refractivity contribution is 0.00791. The summed E-state index contributed by atoms with van der Waals surface area (Å²) in [6.45, 7) is 10.0. The maximum Gasteiger partial charge on any atom is 0.410 e. The average Bonchev–Trinajstić information content (AvgIpc) is 3.26. The number of piperidine rings is 1. The molecule has 1 aliphatic heterocycles. The van der Waals surface area contributed by atoms with Crippen LogP contribution < -0.4 is 5.32 Å². The van der Waals surface area contributed by atoms with Crippen LogP contribution in [-0.4, -0.2) is 41.8 Å². The minimum atomic E-state index is -0.411. The van der Waals surface area contributed by atoms with Crippen molar-refractivity contribution in [1.29, 1.82) is 0 Å². The Bertz CT molecular complexity index is 374. The van der Waals surface area contributed by atoms with Gasteiger partial charge in [0.25, 0.3) is 0 Å². The van der Waals surface area contributed by atoms with Gasteiger partial charge in [-0.05, 0) is 78.7 Å². The minimum absolute atomic E-state index is 0.136. The van der Waals surface area contributed by atoms with E-state index in [1.807, 2.05) is 25.7 Å². The Morgan fingerprint density at radius 2 is 2.00 bits per heavy atom. The largest absolute Gasteiger partial charge is 0.444 e. The van der Waals surface area contributed by atoms with E-state index in [1.54, 1.807) is 0 Å². The Labute approximate surface area is 142 Å². The van der Waals surface area contributed by atoms with Gasteiger partial charge >= 0.3 is 6.09 Å². The molecular formula is C19H36N2O2. The third-order valence-electron chi connectivity index (χ3n) is 4.86. The molecule has 2 aliphatic rings. The molecule has 1 heterocycles. The maximum atomic E-state index is 12.4. The van der Waals surface area contributed by atoms with E-state index in [9.17, 15) is 4.79 Å². The zero-order valence-corrected chi connectivity index (χ0v) is 15.6. The molecule has 1 saturated heterocycles. The standard InChI is InChI=1S/C19H36N2O2/c1-15(20-12-7-8-16-10-11-16)14-17-9-5-6-13-21(17)18(22)23-19(2,3)4/h15-17,20H,5-14H2,1-4H3. The first-order valence-corrected chi connectivity index (χ1v) is 9.58. The van der Waals surface area contributed by atoms with Gasteiger partial charge in [0.15, 0.2) is 0 Å². The summed E-state index contributed by atoms with van der Waals surface area (Å²) < 4.78 is 5.59. The van der Waals surface area contributed by atoms with Gasteiger partial charge in [-0.3, -0.25) is 0 Å². The quantitative estimate of drug-likeness (QED) is 0.709. The van der Waals surface area contributed by atoms with Crippen LogP contribution >= 0.6 is 0 Å². The van der Waals surface area contributed by atoms with Crippen LogP contribution in [0.3, 0.4) is 0 Å². The highest BCUT2D eigenvalue weighted by atomic mass is 16.6. The first-order valence-electron chi connectivity index (χ1n) is 9.58. The van der Waals surface area contributed by atoms with E-state index in [2.05, 4.69) is 12.2 Å². The SMILES string of the molecule is CC(CC1CCCCN1C(=O)OC(C)(C)C)NCCCC1CC1. The van der Waals surface area contributed by atoms with Crippen LogP contribution in [0.1, 0.15) is 79.1 Å². The summed E-state index contributed by atoms with van der Waals surface area (Å²) in [5, 5.41) is 3.64. The van der Waals surface area contributed by atoms with Gasteiger partial charge in [0.1, 0.15) is 5.60 Å². The molecule has 0 aromatic carbocycles. The van der Waals surface area contributed by atoms with Gasteiger partial charge in [0, 0.05) is 18.6 Å². The Kier molecular flexibility index (Phi) is 6.75. The predicted molar refractivity (Wildman–Crippen MR) is 94.6 cm³/mol. The predicted octanol–water partition coefficient (Wildman–Crippen LogP) is 4.33. The molecule has 0 aromatic rings. The second-order valence-electron chi connectivity index (χ2n) is 8.50. The molecule has 0 aromatic heterocycles. The summed E-state index contributed by atoms with van der Waals surface area (Å²) in [6.07, 6.45) is 9.88. The zero-order chi connectivity index (χ0) is 16.9. The number of hydrogen-bond donors (Lipinski definition) is 1. The first kappa shape index (κ1) is 18.6. The number of likely N-dealkylation sites (tertiary alicyclic amines) is 1. The number of nitrogens with one attached hydrogen (secondary N) is 1. The number of carbonyl (C=O) groups is 1. The van der Waals surface area contributed by atoms with E-state index in [0.29, 0.717) is 12.1 Å². The molecule has 2 rings (SSSR count). The van der Waals surface area contributed by atoms with Crippen LogP contribution in [-0.2, 0) is 4.74 Å². The van der Waals surface area contributed by atoms with Gasteiger partial charge in [-0.25, -0.2) is 4.79 Å². The van der Waals surface area contributed by atoms with Crippen molar-refractivity contribution in [2.24, 2.45) is 5.92 Å². The van der Waals surface area contributed by atoms with Crippen LogP contribution in [0.4, 0.5) is 4.79 Å². The fourth-order valence-corrected chi connectivity index (χ4v) is 3.44. The molecule has 4 heteroatoms. The van der Waals surface area contributed by atoms with Gasteiger partial charge in [0.05, 0.1) is 0 Å². The van der Waals surface area contributed by atoms with Gasteiger partial charge in [-0.1, -0.05) is 12.8 Å². The molecule has 2 fully saturated rings. The Morgan fingerprint density at radius 1 is 1.26 bits per heavy atom. The Hall–Kier alpha value is -0.770. The summed E-state index contributed by atoms with van der Waals surface area (Å²) >= 11 is 0. The van der Waals surface area contributed by atoms with E-state index in [4.69, 9.17) is 4.74 Å². The van der Waals surface area contributed by atoms with Gasteiger partial charge in [-0.15, -0.1) is 0 Å². The van der Waals surface area contributed by atoms with Gasteiger partial charge < -0.3 is 15.0 Å². The van der Waals surface area contributed by atoms with E-state index in [-0.39, 0.29) is 6.09 Å². The smallest absolute Gasteiger partial charge is 0.410 e. The first-order chi connectivity index (χ1) is 10.8. The summed E-state index contributed by atoms with van der Waals surface area (Å²) in [6, 6.07) is 0.784. The zero-order valence-electron chi connectivity index (χ0n) is 15.6. The minimum Gasteiger partial charge on any atom is -0.444 e. The van der Waals surface area contributed by atoms with Crippen molar-refractivity contribution in [1.82, 2.24) is 10.2 Å².